The molecule has 2 N–H and O–H groups in total. The van der Waals surface area contributed by atoms with Crippen molar-refractivity contribution < 1.29 is 14.3 Å². The number of carbonyl (C=O) groups is 2. The maximum Gasteiger partial charge on any atom is 0.302 e. The van der Waals surface area contributed by atoms with Gasteiger partial charge in [-0.2, -0.15) is 0 Å². The van der Waals surface area contributed by atoms with E-state index in [9.17, 15) is 9.59 Å². The molecular formula is C20H32N2O3. The number of ether oxygens (including phenoxy) is 1. The van der Waals surface area contributed by atoms with Crippen molar-refractivity contribution in [1.82, 2.24) is 5.32 Å². The zero-order chi connectivity index (χ0) is 19.2. The van der Waals surface area contributed by atoms with Crippen molar-refractivity contribution in [2.24, 2.45) is 5.92 Å². The molecule has 1 amide bonds. The average molecular weight is 348 g/mol. The molecule has 5 nitrogen and oxygen atoms in total. The van der Waals surface area contributed by atoms with Gasteiger partial charge in [-0.25, -0.2) is 0 Å². The highest BCUT2D eigenvalue weighted by molar-refractivity contribution is 5.97. The lowest BCUT2D eigenvalue weighted by Gasteiger charge is -2.28. The van der Waals surface area contributed by atoms with Gasteiger partial charge in [-0.1, -0.05) is 19.9 Å². The lowest BCUT2D eigenvalue weighted by Crippen LogP contribution is -2.44. The zero-order valence-corrected chi connectivity index (χ0v) is 16.5. The predicted octanol–water partition coefficient (Wildman–Crippen LogP) is 4.12. The molecule has 0 saturated heterocycles. The lowest BCUT2D eigenvalue weighted by molar-refractivity contribution is -0.142. The van der Waals surface area contributed by atoms with Gasteiger partial charge in [-0.15, -0.1) is 0 Å². The Labute approximate surface area is 151 Å². The number of hydrogen-bond acceptors (Lipinski definition) is 4. The highest BCUT2D eigenvalue weighted by Crippen LogP contribution is 2.21. The number of amides is 1. The third kappa shape index (κ3) is 7.59. The van der Waals surface area contributed by atoms with Crippen molar-refractivity contribution in [2.45, 2.75) is 73.1 Å². The molecule has 0 aromatic heterocycles. The summed E-state index contributed by atoms with van der Waals surface area (Å²) in [6.45, 7) is 13.8. The maximum atomic E-state index is 12.9. The Kier molecular flexibility index (Phi) is 7.46. The van der Waals surface area contributed by atoms with E-state index in [4.69, 9.17) is 4.74 Å². The summed E-state index contributed by atoms with van der Waals surface area (Å²) < 4.78 is 5.10. The molecule has 1 aromatic rings. The van der Waals surface area contributed by atoms with Gasteiger partial charge in [0.2, 0.25) is 0 Å². The van der Waals surface area contributed by atoms with Crippen molar-refractivity contribution in [3.8, 4) is 0 Å². The van der Waals surface area contributed by atoms with Crippen LogP contribution in [0.5, 0.6) is 0 Å². The van der Waals surface area contributed by atoms with E-state index in [-0.39, 0.29) is 30.1 Å². The van der Waals surface area contributed by atoms with Crippen LogP contribution < -0.4 is 10.6 Å². The molecule has 25 heavy (non-hydrogen) atoms. The largest absolute Gasteiger partial charge is 0.461 e. The standard InChI is InChI=1S/C20H32N2O3/c1-13(2)11-20(6,7)22-19(24)18-10-17(21-14(3)4)9-8-16(18)12-25-15(5)23/h8-10,13-14,21H,11-12H2,1-7H3,(H,22,24). The van der Waals surface area contributed by atoms with Crippen LogP contribution in [0.15, 0.2) is 18.2 Å². The van der Waals surface area contributed by atoms with Crippen LogP contribution >= 0.6 is 0 Å². The second-order valence-electron chi connectivity index (χ2n) is 7.89. The van der Waals surface area contributed by atoms with Gasteiger partial charge in [-0.3, -0.25) is 9.59 Å². The molecule has 0 heterocycles. The number of nitrogens with one attached hydrogen (secondary N) is 2. The van der Waals surface area contributed by atoms with Gasteiger partial charge in [0.05, 0.1) is 0 Å². The number of anilines is 1. The molecule has 0 aliphatic heterocycles. The average Bonchev–Trinajstić information content (AvgIpc) is 2.42. The summed E-state index contributed by atoms with van der Waals surface area (Å²) in [5.74, 6) is -0.0409. The summed E-state index contributed by atoms with van der Waals surface area (Å²) in [5, 5.41) is 6.40. The van der Waals surface area contributed by atoms with Gasteiger partial charge in [-0.05, 0) is 52.2 Å². The van der Waals surface area contributed by atoms with Crippen LogP contribution in [-0.4, -0.2) is 23.5 Å². The monoisotopic (exact) mass is 348 g/mol. The lowest BCUT2D eigenvalue weighted by atomic mass is 9.92. The summed E-state index contributed by atoms with van der Waals surface area (Å²) in [6.07, 6.45) is 0.877. The first-order valence-electron chi connectivity index (χ1n) is 8.85. The van der Waals surface area contributed by atoms with Crippen LogP contribution in [0.1, 0.15) is 70.8 Å². The Morgan fingerprint density at radius 2 is 1.80 bits per heavy atom. The molecule has 140 valence electrons. The normalized spacial score (nSPS) is 11.6. The van der Waals surface area contributed by atoms with E-state index in [0.717, 1.165) is 12.1 Å². The minimum absolute atomic E-state index is 0.0880. The maximum absolute atomic E-state index is 12.9. The van der Waals surface area contributed by atoms with Crippen LogP contribution in [0.4, 0.5) is 5.69 Å². The Balaban J connectivity index is 3.08. The van der Waals surface area contributed by atoms with Crippen LogP contribution in [0, 0.1) is 5.92 Å². The van der Waals surface area contributed by atoms with Gasteiger partial charge in [0.25, 0.3) is 5.91 Å². The molecule has 0 aliphatic rings. The molecule has 0 radical (unpaired) electrons. The van der Waals surface area contributed by atoms with Crippen LogP contribution in [0.3, 0.4) is 0 Å². The second kappa shape index (κ2) is 8.88. The van der Waals surface area contributed by atoms with E-state index in [2.05, 4.69) is 24.5 Å². The third-order valence-electron chi connectivity index (χ3n) is 3.61. The van der Waals surface area contributed by atoms with E-state index in [0.29, 0.717) is 17.0 Å². The predicted molar refractivity (Wildman–Crippen MR) is 102 cm³/mol. The molecule has 0 bridgehead atoms. The highest BCUT2D eigenvalue weighted by Gasteiger charge is 2.24. The van der Waals surface area contributed by atoms with Gasteiger partial charge in [0.1, 0.15) is 6.61 Å². The number of benzene rings is 1. The SMILES string of the molecule is CC(=O)OCc1ccc(NC(C)C)cc1C(=O)NC(C)(C)CC(C)C. The highest BCUT2D eigenvalue weighted by atomic mass is 16.5. The van der Waals surface area contributed by atoms with Crippen LogP contribution in [0.25, 0.3) is 0 Å². The number of rotatable bonds is 8. The molecule has 0 unspecified atom stereocenters. The molecule has 0 aliphatic carbocycles. The summed E-state index contributed by atoms with van der Waals surface area (Å²) in [4.78, 5) is 24.0. The van der Waals surface area contributed by atoms with Crippen molar-refractivity contribution in [3.63, 3.8) is 0 Å². The van der Waals surface area contributed by atoms with E-state index >= 15 is 0 Å². The van der Waals surface area contributed by atoms with Gasteiger partial charge >= 0.3 is 5.97 Å². The number of hydrogen-bond donors (Lipinski definition) is 2. The number of carbonyl (C=O) groups excluding carboxylic acids is 2. The minimum Gasteiger partial charge on any atom is -0.461 e. The first-order valence-corrected chi connectivity index (χ1v) is 8.85. The van der Waals surface area contributed by atoms with Gasteiger partial charge in [0.15, 0.2) is 0 Å². The van der Waals surface area contributed by atoms with Crippen molar-refractivity contribution in [3.05, 3.63) is 29.3 Å². The molecule has 0 fully saturated rings. The molecular weight excluding hydrogens is 316 g/mol. The van der Waals surface area contributed by atoms with E-state index in [1.807, 2.05) is 45.9 Å². The Morgan fingerprint density at radius 3 is 2.32 bits per heavy atom. The second-order valence-corrected chi connectivity index (χ2v) is 7.89. The van der Waals surface area contributed by atoms with Crippen molar-refractivity contribution >= 4 is 17.6 Å². The summed E-state index contributed by atoms with van der Waals surface area (Å²) in [5.41, 5.74) is 1.78. The van der Waals surface area contributed by atoms with Crippen LogP contribution in [-0.2, 0) is 16.1 Å². The van der Waals surface area contributed by atoms with Crippen LogP contribution in [0.2, 0.25) is 0 Å². The van der Waals surface area contributed by atoms with Gasteiger partial charge in [0, 0.05) is 35.3 Å². The molecule has 0 atom stereocenters. The fraction of sp³-hybridized carbons (Fsp3) is 0.600. The molecule has 0 spiro atoms. The van der Waals surface area contributed by atoms with E-state index in [1.165, 1.54) is 6.92 Å². The molecule has 1 rings (SSSR count). The summed E-state index contributed by atoms with van der Waals surface area (Å²) in [6, 6.07) is 5.81. The number of esters is 1. The van der Waals surface area contributed by atoms with Crippen molar-refractivity contribution in [1.29, 1.82) is 0 Å². The van der Waals surface area contributed by atoms with E-state index in [1.54, 1.807) is 0 Å². The van der Waals surface area contributed by atoms with Gasteiger partial charge < -0.3 is 15.4 Å². The minimum atomic E-state index is -0.365. The topological polar surface area (TPSA) is 67.4 Å². The summed E-state index contributed by atoms with van der Waals surface area (Å²) >= 11 is 0. The Morgan fingerprint density at radius 1 is 1.16 bits per heavy atom. The molecule has 5 heteroatoms. The Hall–Kier alpha value is -2.04. The Bertz CT molecular complexity index is 607. The first-order chi connectivity index (χ1) is 11.5. The van der Waals surface area contributed by atoms with E-state index < -0.39 is 0 Å². The zero-order valence-electron chi connectivity index (χ0n) is 16.5. The molecule has 1 aromatic carbocycles. The van der Waals surface area contributed by atoms with Crippen molar-refractivity contribution in [2.75, 3.05) is 5.32 Å². The molecule has 0 saturated carbocycles. The smallest absolute Gasteiger partial charge is 0.302 e. The fourth-order valence-corrected chi connectivity index (χ4v) is 2.96. The first kappa shape index (κ1) is 21.0. The fourth-order valence-electron chi connectivity index (χ4n) is 2.96. The third-order valence-corrected chi connectivity index (χ3v) is 3.61. The quantitative estimate of drug-likeness (QED) is 0.693. The summed E-state index contributed by atoms with van der Waals surface area (Å²) in [7, 11) is 0.